The largest absolute Gasteiger partial charge is 0.444 e. The van der Waals surface area contributed by atoms with Gasteiger partial charge in [0, 0.05) is 13.0 Å². The van der Waals surface area contributed by atoms with Crippen LogP contribution in [0, 0.1) is 11.8 Å². The number of rotatable bonds is 11. The first-order valence-corrected chi connectivity index (χ1v) is 16.4. The van der Waals surface area contributed by atoms with Crippen LogP contribution in [0.2, 0.25) is 18.1 Å². The Morgan fingerprint density at radius 2 is 1.60 bits per heavy atom. The Labute approximate surface area is 216 Å². The number of aliphatic hydroxyl groups excluding tert-OH is 1. The van der Waals surface area contributed by atoms with Gasteiger partial charge in [-0.05, 0) is 65.6 Å². The number of hydrogen-bond acceptors (Lipinski definition) is 5. The molecular formula is C28H53NO5Si. The van der Waals surface area contributed by atoms with Crippen molar-refractivity contribution in [2.75, 3.05) is 13.2 Å². The molecule has 7 heteroatoms. The van der Waals surface area contributed by atoms with E-state index in [0.29, 0.717) is 0 Å². The third-order valence-electron chi connectivity index (χ3n) is 6.94. The zero-order valence-corrected chi connectivity index (χ0v) is 25.3. The first kappa shape index (κ1) is 32.0. The average Bonchev–Trinajstić information content (AvgIpc) is 3.01. The number of aliphatic hydroxyl groups is 1. The molecule has 1 fully saturated rings. The fraction of sp³-hybridized carbons (Fsp3) is 0.893. The van der Waals surface area contributed by atoms with E-state index in [0.717, 1.165) is 32.3 Å². The quantitative estimate of drug-likeness (QED) is 0.186. The van der Waals surface area contributed by atoms with Crippen LogP contribution in [-0.4, -0.2) is 61.1 Å². The zero-order chi connectivity index (χ0) is 26.9. The smallest absolute Gasteiger partial charge is 0.413 e. The molecule has 0 aromatic carbocycles. The normalized spacial score (nSPS) is 19.3. The molecule has 0 bridgehead atoms. The van der Waals surface area contributed by atoms with E-state index in [9.17, 15) is 9.90 Å². The molecule has 204 valence electrons. The van der Waals surface area contributed by atoms with Crippen LogP contribution in [0.15, 0.2) is 0 Å². The van der Waals surface area contributed by atoms with Crippen molar-refractivity contribution in [2.45, 2.75) is 148 Å². The summed E-state index contributed by atoms with van der Waals surface area (Å²) in [6, 6.07) is -0.534. The Hall–Kier alpha value is -1.07. The van der Waals surface area contributed by atoms with Gasteiger partial charge in [-0.3, -0.25) is 4.90 Å². The van der Waals surface area contributed by atoms with E-state index in [4.69, 9.17) is 13.9 Å². The first-order chi connectivity index (χ1) is 16.0. The van der Waals surface area contributed by atoms with Gasteiger partial charge in [-0.15, -0.1) is 5.92 Å². The Bertz CT molecular complexity index is 712. The van der Waals surface area contributed by atoms with Gasteiger partial charge in [0.05, 0.1) is 12.6 Å². The Morgan fingerprint density at radius 1 is 1.06 bits per heavy atom. The fourth-order valence-electron chi connectivity index (χ4n) is 3.75. The van der Waals surface area contributed by atoms with Gasteiger partial charge in [0.2, 0.25) is 0 Å². The van der Waals surface area contributed by atoms with Gasteiger partial charge in [-0.25, -0.2) is 4.79 Å². The van der Waals surface area contributed by atoms with Crippen molar-refractivity contribution in [3.05, 3.63) is 0 Å². The van der Waals surface area contributed by atoms with Crippen LogP contribution in [0.1, 0.15) is 107 Å². The number of unbranched alkanes of at least 4 members (excludes halogenated alkanes) is 7. The van der Waals surface area contributed by atoms with E-state index in [1.165, 1.54) is 30.6 Å². The summed E-state index contributed by atoms with van der Waals surface area (Å²) in [5.41, 5.74) is -1.46. The van der Waals surface area contributed by atoms with E-state index in [2.05, 4.69) is 45.7 Å². The minimum atomic E-state index is -1.61. The number of amides is 1. The topological polar surface area (TPSA) is 68.2 Å². The highest BCUT2D eigenvalue weighted by Gasteiger charge is 2.48. The Kier molecular flexibility index (Phi) is 12.3. The van der Waals surface area contributed by atoms with Crippen molar-refractivity contribution in [1.29, 1.82) is 0 Å². The maximum Gasteiger partial charge on any atom is 0.413 e. The Balaban J connectivity index is 2.26. The Morgan fingerprint density at radius 3 is 2.14 bits per heavy atom. The molecule has 1 aliphatic rings. The summed E-state index contributed by atoms with van der Waals surface area (Å²) in [4.78, 5) is 14.2. The lowest BCUT2D eigenvalue weighted by molar-refractivity contribution is -0.0658. The highest BCUT2D eigenvalue weighted by Crippen LogP contribution is 2.36. The van der Waals surface area contributed by atoms with Crippen LogP contribution in [0.5, 0.6) is 0 Å². The molecule has 0 saturated carbocycles. The average molecular weight is 512 g/mol. The summed E-state index contributed by atoms with van der Waals surface area (Å²) in [5.74, 6) is 6.02. The van der Waals surface area contributed by atoms with Crippen molar-refractivity contribution in [1.82, 2.24) is 4.90 Å². The number of nitrogens with zero attached hydrogens (tertiary/aromatic N) is 1. The molecule has 0 aromatic heterocycles. The molecule has 0 spiro atoms. The van der Waals surface area contributed by atoms with Gasteiger partial charge < -0.3 is 19.0 Å². The molecule has 1 aliphatic heterocycles. The number of carbonyl (C=O) groups excluding carboxylic acids is 1. The summed E-state index contributed by atoms with van der Waals surface area (Å²) >= 11 is 0. The van der Waals surface area contributed by atoms with Gasteiger partial charge in [0.1, 0.15) is 17.4 Å². The lowest BCUT2D eigenvalue weighted by atomic mass is 10.1. The van der Waals surface area contributed by atoms with E-state index >= 15 is 0 Å². The van der Waals surface area contributed by atoms with Crippen LogP contribution in [-0.2, 0) is 13.9 Å². The van der Waals surface area contributed by atoms with Crippen LogP contribution >= 0.6 is 0 Å². The second-order valence-corrected chi connectivity index (χ2v) is 17.6. The molecule has 0 unspecified atom stereocenters. The van der Waals surface area contributed by atoms with Gasteiger partial charge in [0.25, 0.3) is 0 Å². The predicted molar refractivity (Wildman–Crippen MR) is 146 cm³/mol. The standard InChI is InChI=1S/C28H53NO5Si/c1-26(2,3)34-25(31)29-23(22-32-28(29,7)8)24(30)20-18-16-14-12-11-13-15-17-19-21-33-35(9,10)27(4,5)6/h23-24,30H,11-17,19,21-22H2,1-10H3/t23-,24-/m0/s1. The third kappa shape index (κ3) is 11.2. The molecule has 1 amide bonds. The molecule has 0 aromatic rings. The molecule has 1 rings (SSSR count). The minimum absolute atomic E-state index is 0.239. The number of ether oxygens (including phenoxy) is 2. The zero-order valence-electron chi connectivity index (χ0n) is 24.3. The number of hydrogen-bond donors (Lipinski definition) is 1. The van der Waals surface area contributed by atoms with Crippen molar-refractivity contribution < 1.29 is 23.8 Å². The second-order valence-electron chi connectivity index (χ2n) is 12.8. The van der Waals surface area contributed by atoms with Crippen LogP contribution in [0.25, 0.3) is 0 Å². The molecule has 0 aliphatic carbocycles. The van der Waals surface area contributed by atoms with Crippen molar-refractivity contribution in [2.24, 2.45) is 0 Å². The lowest BCUT2D eigenvalue weighted by Crippen LogP contribution is -2.53. The van der Waals surface area contributed by atoms with Crippen molar-refractivity contribution >= 4 is 14.4 Å². The predicted octanol–water partition coefficient (Wildman–Crippen LogP) is 6.87. The lowest BCUT2D eigenvalue weighted by Gasteiger charge is -2.36. The molecule has 35 heavy (non-hydrogen) atoms. The van der Waals surface area contributed by atoms with Crippen molar-refractivity contribution in [3.63, 3.8) is 0 Å². The molecule has 6 nitrogen and oxygen atoms in total. The van der Waals surface area contributed by atoms with Gasteiger partial charge in [0.15, 0.2) is 8.32 Å². The third-order valence-corrected chi connectivity index (χ3v) is 11.5. The highest BCUT2D eigenvalue weighted by atomic mass is 28.4. The second kappa shape index (κ2) is 13.5. The molecule has 2 atom stereocenters. The number of carbonyl (C=O) groups is 1. The van der Waals surface area contributed by atoms with Crippen LogP contribution < -0.4 is 0 Å². The summed E-state index contributed by atoms with van der Waals surface area (Å²) in [5, 5.41) is 10.9. The monoisotopic (exact) mass is 511 g/mol. The molecule has 1 N–H and O–H groups in total. The molecular weight excluding hydrogens is 458 g/mol. The van der Waals surface area contributed by atoms with E-state index < -0.39 is 37.9 Å². The van der Waals surface area contributed by atoms with E-state index in [1.807, 2.05) is 20.8 Å². The molecule has 0 radical (unpaired) electrons. The fourth-order valence-corrected chi connectivity index (χ4v) is 4.84. The maximum absolute atomic E-state index is 12.7. The summed E-state index contributed by atoms with van der Waals surface area (Å²) < 4.78 is 17.5. The molecule has 1 heterocycles. The van der Waals surface area contributed by atoms with Gasteiger partial charge in [-0.1, -0.05) is 58.8 Å². The van der Waals surface area contributed by atoms with Gasteiger partial charge in [-0.2, -0.15) is 0 Å². The summed E-state index contributed by atoms with van der Waals surface area (Å²) in [6.45, 7) is 21.7. The minimum Gasteiger partial charge on any atom is -0.444 e. The molecule has 1 saturated heterocycles. The summed E-state index contributed by atoms with van der Waals surface area (Å²) in [7, 11) is -1.61. The van der Waals surface area contributed by atoms with Crippen molar-refractivity contribution in [3.8, 4) is 11.8 Å². The maximum atomic E-state index is 12.7. The van der Waals surface area contributed by atoms with E-state index in [-0.39, 0.29) is 11.6 Å². The first-order valence-electron chi connectivity index (χ1n) is 13.4. The highest BCUT2D eigenvalue weighted by molar-refractivity contribution is 6.74. The van der Waals surface area contributed by atoms with Crippen LogP contribution in [0.4, 0.5) is 4.79 Å². The van der Waals surface area contributed by atoms with E-state index in [1.54, 1.807) is 13.8 Å². The van der Waals surface area contributed by atoms with Gasteiger partial charge >= 0.3 is 6.09 Å². The van der Waals surface area contributed by atoms with Crippen LogP contribution in [0.3, 0.4) is 0 Å². The SMILES string of the molecule is CC(C)(C)OC(=O)N1[C@H]([C@@H](O)C#CCCCCCCCCCO[Si](C)(C)C(C)(C)C)COC1(C)C. The summed E-state index contributed by atoms with van der Waals surface area (Å²) in [6.07, 6.45) is 7.57.